The molecule has 0 saturated carbocycles. The predicted molar refractivity (Wildman–Crippen MR) is 73.9 cm³/mol. The Morgan fingerprint density at radius 1 is 1.35 bits per heavy atom. The van der Waals surface area contributed by atoms with Gasteiger partial charge in [0, 0.05) is 6.42 Å². The Bertz CT molecular complexity index is 478. The first kappa shape index (κ1) is 15.6. The Hall–Kier alpha value is -2.48. The van der Waals surface area contributed by atoms with Gasteiger partial charge in [0.25, 0.3) is 0 Å². The van der Waals surface area contributed by atoms with Crippen LogP contribution in [-0.2, 0) is 16.1 Å². The maximum atomic E-state index is 11.5. The third kappa shape index (κ3) is 5.91. The fourth-order valence-electron chi connectivity index (χ4n) is 1.57. The summed E-state index contributed by atoms with van der Waals surface area (Å²) in [5.74, 6) is 1.33. The SMILES string of the molecule is C#CCCC[C@@H](NC(=O)OCc1ccccc1)C(=O)O. The lowest BCUT2D eigenvalue weighted by molar-refractivity contribution is -0.139. The minimum Gasteiger partial charge on any atom is -0.480 e. The third-order valence-electron chi connectivity index (χ3n) is 2.62. The van der Waals surface area contributed by atoms with E-state index in [1.165, 1.54) is 0 Å². The van der Waals surface area contributed by atoms with Crippen LogP contribution in [0.4, 0.5) is 4.79 Å². The van der Waals surface area contributed by atoms with E-state index in [-0.39, 0.29) is 13.0 Å². The van der Waals surface area contributed by atoms with Gasteiger partial charge in [-0.2, -0.15) is 0 Å². The van der Waals surface area contributed by atoms with Crippen molar-refractivity contribution in [2.24, 2.45) is 0 Å². The van der Waals surface area contributed by atoms with Gasteiger partial charge in [-0.1, -0.05) is 30.3 Å². The van der Waals surface area contributed by atoms with E-state index in [2.05, 4.69) is 11.2 Å². The van der Waals surface area contributed by atoms with Gasteiger partial charge in [-0.15, -0.1) is 12.3 Å². The van der Waals surface area contributed by atoms with Gasteiger partial charge in [-0.3, -0.25) is 0 Å². The van der Waals surface area contributed by atoms with Gasteiger partial charge in [-0.25, -0.2) is 9.59 Å². The van der Waals surface area contributed by atoms with Crippen molar-refractivity contribution in [3.63, 3.8) is 0 Å². The number of hydrogen-bond acceptors (Lipinski definition) is 3. The molecule has 20 heavy (non-hydrogen) atoms. The number of benzene rings is 1. The number of unbranched alkanes of at least 4 members (excludes halogenated alkanes) is 1. The quantitative estimate of drug-likeness (QED) is 0.590. The lowest BCUT2D eigenvalue weighted by atomic mass is 10.1. The van der Waals surface area contributed by atoms with E-state index in [0.29, 0.717) is 12.8 Å². The molecule has 0 spiro atoms. The van der Waals surface area contributed by atoms with Gasteiger partial charge in [-0.05, 0) is 18.4 Å². The van der Waals surface area contributed by atoms with Crippen LogP contribution >= 0.6 is 0 Å². The van der Waals surface area contributed by atoms with Crippen molar-refractivity contribution in [3.8, 4) is 12.3 Å². The van der Waals surface area contributed by atoms with Crippen molar-refractivity contribution in [1.82, 2.24) is 5.32 Å². The molecule has 0 heterocycles. The molecule has 5 nitrogen and oxygen atoms in total. The number of alkyl carbamates (subject to hydrolysis) is 1. The molecule has 0 bridgehead atoms. The molecular formula is C15H17NO4. The van der Waals surface area contributed by atoms with Gasteiger partial charge < -0.3 is 15.2 Å². The highest BCUT2D eigenvalue weighted by Gasteiger charge is 2.19. The summed E-state index contributed by atoms with van der Waals surface area (Å²) in [6, 6.07) is 8.17. The molecule has 106 valence electrons. The molecule has 1 rings (SSSR count). The van der Waals surface area contributed by atoms with Crippen LogP contribution in [-0.4, -0.2) is 23.2 Å². The number of ether oxygens (including phenoxy) is 1. The fraction of sp³-hybridized carbons (Fsp3) is 0.333. The largest absolute Gasteiger partial charge is 0.480 e. The smallest absolute Gasteiger partial charge is 0.408 e. The van der Waals surface area contributed by atoms with E-state index in [0.717, 1.165) is 5.56 Å². The topological polar surface area (TPSA) is 75.6 Å². The highest BCUT2D eigenvalue weighted by atomic mass is 16.5. The molecule has 1 atom stereocenters. The number of nitrogens with one attached hydrogen (secondary N) is 1. The third-order valence-corrected chi connectivity index (χ3v) is 2.62. The van der Waals surface area contributed by atoms with Crippen molar-refractivity contribution in [1.29, 1.82) is 0 Å². The summed E-state index contributed by atoms with van der Waals surface area (Å²) in [5.41, 5.74) is 0.835. The summed E-state index contributed by atoms with van der Waals surface area (Å²) >= 11 is 0. The zero-order valence-corrected chi connectivity index (χ0v) is 11.0. The molecule has 0 aliphatic carbocycles. The number of carboxylic acid groups (broad SMARTS) is 1. The monoisotopic (exact) mass is 275 g/mol. The molecule has 0 aliphatic heterocycles. The Balaban J connectivity index is 2.38. The number of carbonyl (C=O) groups excluding carboxylic acids is 1. The van der Waals surface area contributed by atoms with Crippen molar-refractivity contribution in [2.75, 3.05) is 0 Å². The number of terminal acetylenes is 1. The van der Waals surface area contributed by atoms with Crippen molar-refractivity contribution >= 4 is 12.1 Å². The van der Waals surface area contributed by atoms with Crippen molar-refractivity contribution in [3.05, 3.63) is 35.9 Å². The first-order valence-corrected chi connectivity index (χ1v) is 6.27. The van der Waals surface area contributed by atoms with E-state index in [9.17, 15) is 9.59 Å². The fourth-order valence-corrected chi connectivity index (χ4v) is 1.57. The van der Waals surface area contributed by atoms with Gasteiger partial charge in [0.2, 0.25) is 0 Å². The standard InChI is InChI=1S/C15H17NO4/c1-2-3-5-10-13(14(17)18)16-15(19)20-11-12-8-6-4-7-9-12/h1,4,6-9,13H,3,5,10-11H2,(H,16,19)(H,17,18)/t13-/m1/s1. The Labute approximate surface area is 117 Å². The lowest BCUT2D eigenvalue weighted by Gasteiger charge is -2.14. The van der Waals surface area contributed by atoms with Crippen LogP contribution in [0.25, 0.3) is 0 Å². The molecule has 1 amide bonds. The van der Waals surface area contributed by atoms with Gasteiger partial charge in [0.15, 0.2) is 0 Å². The summed E-state index contributed by atoms with van der Waals surface area (Å²) in [5, 5.41) is 11.3. The summed E-state index contributed by atoms with van der Waals surface area (Å²) in [6.45, 7) is 0.101. The van der Waals surface area contributed by atoms with Gasteiger partial charge in [0.05, 0.1) is 0 Å². The average molecular weight is 275 g/mol. The van der Waals surface area contributed by atoms with Gasteiger partial charge in [0.1, 0.15) is 12.6 Å². The number of rotatable bonds is 7. The summed E-state index contributed by atoms with van der Waals surface area (Å²) in [4.78, 5) is 22.5. The summed E-state index contributed by atoms with van der Waals surface area (Å²) in [7, 11) is 0. The second-order valence-corrected chi connectivity index (χ2v) is 4.19. The first-order valence-electron chi connectivity index (χ1n) is 6.27. The van der Waals surface area contributed by atoms with Crippen molar-refractivity contribution < 1.29 is 19.4 Å². The van der Waals surface area contributed by atoms with E-state index in [4.69, 9.17) is 16.3 Å². The van der Waals surface area contributed by atoms with E-state index < -0.39 is 18.1 Å². The number of hydrogen-bond donors (Lipinski definition) is 2. The zero-order chi connectivity index (χ0) is 14.8. The molecule has 0 saturated heterocycles. The zero-order valence-electron chi connectivity index (χ0n) is 11.0. The van der Waals surface area contributed by atoms with E-state index in [1.807, 2.05) is 30.3 Å². The minimum absolute atomic E-state index is 0.101. The molecule has 1 aromatic rings. The molecule has 1 aromatic carbocycles. The maximum absolute atomic E-state index is 11.5. The summed E-state index contributed by atoms with van der Waals surface area (Å²) in [6.07, 6.45) is 5.64. The number of carbonyl (C=O) groups is 2. The van der Waals surface area contributed by atoms with Crippen LogP contribution in [0.3, 0.4) is 0 Å². The molecule has 5 heteroatoms. The van der Waals surface area contributed by atoms with Crippen LogP contribution in [0.1, 0.15) is 24.8 Å². The van der Waals surface area contributed by atoms with Crippen molar-refractivity contribution in [2.45, 2.75) is 31.9 Å². The molecule has 2 N–H and O–H groups in total. The lowest BCUT2D eigenvalue weighted by Crippen LogP contribution is -2.40. The number of amides is 1. The summed E-state index contributed by atoms with van der Waals surface area (Å²) < 4.78 is 4.96. The Kier molecular flexibility index (Phi) is 6.69. The van der Waals surface area contributed by atoms with Gasteiger partial charge >= 0.3 is 12.1 Å². The Morgan fingerprint density at radius 2 is 2.05 bits per heavy atom. The van der Waals surface area contributed by atoms with Crippen LogP contribution in [0.5, 0.6) is 0 Å². The highest BCUT2D eigenvalue weighted by Crippen LogP contribution is 2.03. The molecule has 0 unspecified atom stereocenters. The first-order chi connectivity index (χ1) is 9.63. The average Bonchev–Trinajstić information content (AvgIpc) is 2.45. The van der Waals surface area contributed by atoms with E-state index in [1.54, 1.807) is 0 Å². The molecule has 0 fully saturated rings. The predicted octanol–water partition coefficient (Wildman–Crippen LogP) is 2.17. The Morgan fingerprint density at radius 3 is 2.65 bits per heavy atom. The highest BCUT2D eigenvalue weighted by molar-refractivity contribution is 5.79. The molecular weight excluding hydrogens is 258 g/mol. The molecule has 0 aromatic heterocycles. The van der Waals surface area contributed by atoms with Crippen LogP contribution in [0.2, 0.25) is 0 Å². The minimum atomic E-state index is -1.10. The maximum Gasteiger partial charge on any atom is 0.408 e. The number of aliphatic carboxylic acids is 1. The van der Waals surface area contributed by atoms with E-state index >= 15 is 0 Å². The van der Waals surface area contributed by atoms with Crippen LogP contribution in [0.15, 0.2) is 30.3 Å². The molecule has 0 aliphatic rings. The normalized spacial score (nSPS) is 11.2. The van der Waals surface area contributed by atoms with Crippen LogP contribution < -0.4 is 5.32 Å². The van der Waals surface area contributed by atoms with Crippen LogP contribution in [0, 0.1) is 12.3 Å². The molecule has 0 radical (unpaired) electrons. The second kappa shape index (κ2) is 8.59. The number of carboxylic acids is 1. The second-order valence-electron chi connectivity index (χ2n) is 4.19.